The zero-order valence-electron chi connectivity index (χ0n) is 14.0. The Bertz CT molecular complexity index is 906. The number of carbonyl (C=O) groups excluding carboxylic acids is 1. The summed E-state index contributed by atoms with van der Waals surface area (Å²) < 4.78 is 0. The topological polar surface area (TPSA) is 32.3 Å². The van der Waals surface area contributed by atoms with Crippen molar-refractivity contribution >= 4 is 40.9 Å². The van der Waals surface area contributed by atoms with E-state index in [1.165, 1.54) is 5.56 Å². The SMILES string of the molecule is CC1(C)c2ccccc2N2CC(=O)N[C@]21/C=C/c1ccc(Cl)c(Cl)c1. The molecule has 0 unspecified atom stereocenters. The number of amides is 1. The van der Waals surface area contributed by atoms with E-state index in [2.05, 4.69) is 42.3 Å². The highest BCUT2D eigenvalue weighted by Crippen LogP contribution is 2.52. The molecule has 4 rings (SSSR count). The number of carbonyl (C=O) groups is 1. The van der Waals surface area contributed by atoms with Crippen LogP contribution in [0.1, 0.15) is 25.0 Å². The van der Waals surface area contributed by atoms with Crippen LogP contribution in [0.25, 0.3) is 6.08 Å². The number of hydrogen-bond acceptors (Lipinski definition) is 2. The van der Waals surface area contributed by atoms with Gasteiger partial charge in [-0.1, -0.05) is 67.4 Å². The summed E-state index contributed by atoms with van der Waals surface area (Å²) in [6.07, 6.45) is 4.06. The molecule has 2 heterocycles. The number of fused-ring (bicyclic) bond motifs is 3. The van der Waals surface area contributed by atoms with Gasteiger partial charge in [-0.2, -0.15) is 0 Å². The molecule has 1 N–H and O–H groups in total. The Morgan fingerprint density at radius 1 is 1.12 bits per heavy atom. The van der Waals surface area contributed by atoms with Gasteiger partial charge in [0.05, 0.1) is 16.6 Å². The third-order valence-electron chi connectivity index (χ3n) is 5.34. The Kier molecular flexibility index (Phi) is 3.64. The fourth-order valence-electron chi connectivity index (χ4n) is 3.97. The molecule has 1 saturated heterocycles. The van der Waals surface area contributed by atoms with Crippen molar-refractivity contribution in [1.82, 2.24) is 5.32 Å². The van der Waals surface area contributed by atoms with Crippen LogP contribution >= 0.6 is 23.2 Å². The molecule has 0 aliphatic carbocycles. The maximum absolute atomic E-state index is 12.2. The Labute approximate surface area is 157 Å². The molecule has 0 spiro atoms. The molecule has 2 aliphatic rings. The highest BCUT2D eigenvalue weighted by Gasteiger charge is 2.59. The molecule has 128 valence electrons. The van der Waals surface area contributed by atoms with Crippen LogP contribution in [-0.4, -0.2) is 18.1 Å². The lowest BCUT2D eigenvalue weighted by Crippen LogP contribution is -2.58. The minimum Gasteiger partial charge on any atom is -0.335 e. The van der Waals surface area contributed by atoms with Crippen molar-refractivity contribution in [3.63, 3.8) is 0 Å². The molecule has 1 amide bonds. The van der Waals surface area contributed by atoms with Gasteiger partial charge in [-0.05, 0) is 35.4 Å². The van der Waals surface area contributed by atoms with Crippen LogP contribution in [0.2, 0.25) is 10.0 Å². The molecule has 0 bridgehead atoms. The second-order valence-electron chi connectivity index (χ2n) is 7.05. The van der Waals surface area contributed by atoms with Gasteiger partial charge in [0.1, 0.15) is 5.66 Å². The summed E-state index contributed by atoms with van der Waals surface area (Å²) >= 11 is 12.1. The minimum atomic E-state index is -0.597. The number of halogens is 2. The summed E-state index contributed by atoms with van der Waals surface area (Å²) in [6.45, 7) is 4.68. The van der Waals surface area contributed by atoms with Gasteiger partial charge in [-0.25, -0.2) is 0 Å². The molecule has 1 fully saturated rings. The fraction of sp³-hybridized carbons (Fsp3) is 0.250. The number of anilines is 1. The van der Waals surface area contributed by atoms with Crippen LogP contribution < -0.4 is 10.2 Å². The van der Waals surface area contributed by atoms with Gasteiger partial charge < -0.3 is 10.2 Å². The highest BCUT2D eigenvalue weighted by atomic mass is 35.5. The van der Waals surface area contributed by atoms with Crippen molar-refractivity contribution in [3.05, 3.63) is 69.7 Å². The van der Waals surface area contributed by atoms with Crippen molar-refractivity contribution < 1.29 is 4.79 Å². The standard InChI is InChI=1S/C20H18Cl2N2O/c1-19(2)14-5-3-4-6-17(14)24-12-18(25)23-20(19,24)10-9-13-7-8-15(21)16(22)11-13/h3-11H,12H2,1-2H3,(H,23,25)/b10-9+/t20-/m1/s1. The van der Waals surface area contributed by atoms with Crippen molar-refractivity contribution in [2.45, 2.75) is 24.9 Å². The third kappa shape index (κ3) is 2.30. The number of rotatable bonds is 2. The summed E-state index contributed by atoms with van der Waals surface area (Å²) in [4.78, 5) is 14.4. The number of benzene rings is 2. The normalized spacial score (nSPS) is 23.7. The maximum Gasteiger partial charge on any atom is 0.241 e. The molecule has 0 saturated carbocycles. The van der Waals surface area contributed by atoms with Crippen molar-refractivity contribution in [1.29, 1.82) is 0 Å². The number of hydrogen-bond donors (Lipinski definition) is 1. The second-order valence-corrected chi connectivity index (χ2v) is 7.86. The van der Waals surface area contributed by atoms with Crippen LogP contribution in [0.5, 0.6) is 0 Å². The van der Waals surface area contributed by atoms with E-state index >= 15 is 0 Å². The van der Waals surface area contributed by atoms with Crippen molar-refractivity contribution in [3.8, 4) is 0 Å². The van der Waals surface area contributed by atoms with Gasteiger partial charge in [-0.3, -0.25) is 4.79 Å². The molecule has 25 heavy (non-hydrogen) atoms. The first-order valence-corrected chi connectivity index (χ1v) is 8.93. The first-order valence-electron chi connectivity index (χ1n) is 8.18. The molecule has 0 radical (unpaired) electrons. The smallest absolute Gasteiger partial charge is 0.241 e. The van der Waals surface area contributed by atoms with E-state index in [0.717, 1.165) is 11.3 Å². The molecule has 1 atom stereocenters. The predicted octanol–water partition coefficient (Wildman–Crippen LogP) is 4.63. The monoisotopic (exact) mass is 372 g/mol. The summed E-state index contributed by atoms with van der Waals surface area (Å²) in [5, 5.41) is 4.25. The quantitative estimate of drug-likeness (QED) is 0.833. The molecule has 2 aliphatic heterocycles. The van der Waals surface area contributed by atoms with Gasteiger partial charge in [-0.15, -0.1) is 0 Å². The molecule has 5 heteroatoms. The molecule has 0 aromatic heterocycles. The highest BCUT2D eigenvalue weighted by molar-refractivity contribution is 6.42. The van der Waals surface area contributed by atoms with E-state index in [4.69, 9.17) is 23.2 Å². The zero-order valence-corrected chi connectivity index (χ0v) is 15.5. The van der Waals surface area contributed by atoms with E-state index in [0.29, 0.717) is 16.6 Å². The zero-order chi connectivity index (χ0) is 17.8. The van der Waals surface area contributed by atoms with Crippen LogP contribution in [0.3, 0.4) is 0 Å². The maximum atomic E-state index is 12.2. The van der Waals surface area contributed by atoms with Crippen LogP contribution in [0.4, 0.5) is 5.69 Å². The number of nitrogens with one attached hydrogen (secondary N) is 1. The van der Waals surface area contributed by atoms with E-state index in [1.807, 2.05) is 30.3 Å². The first-order chi connectivity index (χ1) is 11.8. The van der Waals surface area contributed by atoms with Crippen molar-refractivity contribution in [2.24, 2.45) is 0 Å². The Hall–Kier alpha value is -1.97. The van der Waals surface area contributed by atoms with Gasteiger partial charge in [0.25, 0.3) is 0 Å². The van der Waals surface area contributed by atoms with Gasteiger partial charge in [0.2, 0.25) is 5.91 Å². The summed E-state index contributed by atoms with van der Waals surface area (Å²) in [6, 6.07) is 13.8. The number of nitrogens with zero attached hydrogens (tertiary/aromatic N) is 1. The third-order valence-corrected chi connectivity index (χ3v) is 6.08. The van der Waals surface area contributed by atoms with E-state index in [-0.39, 0.29) is 11.3 Å². The average Bonchev–Trinajstić information content (AvgIpc) is 3.01. The lowest BCUT2D eigenvalue weighted by atomic mass is 9.75. The Morgan fingerprint density at radius 3 is 2.64 bits per heavy atom. The summed E-state index contributed by atoms with van der Waals surface area (Å²) in [5.74, 6) is 0.0290. The van der Waals surface area contributed by atoms with Crippen molar-refractivity contribution in [2.75, 3.05) is 11.4 Å². The first kappa shape index (κ1) is 16.5. The molecular formula is C20H18Cl2N2O. The van der Waals surface area contributed by atoms with Crippen LogP contribution in [-0.2, 0) is 10.2 Å². The van der Waals surface area contributed by atoms with E-state index in [1.54, 1.807) is 6.07 Å². The molecular weight excluding hydrogens is 355 g/mol. The lowest BCUT2D eigenvalue weighted by Gasteiger charge is -2.40. The lowest BCUT2D eigenvalue weighted by molar-refractivity contribution is -0.118. The molecule has 3 nitrogen and oxygen atoms in total. The van der Waals surface area contributed by atoms with Crippen LogP contribution in [0, 0.1) is 0 Å². The molecule has 2 aromatic carbocycles. The van der Waals surface area contributed by atoms with Gasteiger partial charge in [0, 0.05) is 11.1 Å². The fourth-order valence-corrected chi connectivity index (χ4v) is 4.28. The van der Waals surface area contributed by atoms with Gasteiger partial charge >= 0.3 is 0 Å². The van der Waals surface area contributed by atoms with Gasteiger partial charge in [0.15, 0.2) is 0 Å². The molecule has 2 aromatic rings. The second kappa shape index (κ2) is 5.52. The predicted molar refractivity (Wildman–Crippen MR) is 103 cm³/mol. The minimum absolute atomic E-state index is 0.0290. The average molecular weight is 373 g/mol. The summed E-state index contributed by atoms with van der Waals surface area (Å²) in [5.41, 5.74) is 2.40. The Morgan fingerprint density at radius 2 is 1.88 bits per heavy atom. The Balaban J connectivity index is 1.82. The van der Waals surface area contributed by atoms with E-state index < -0.39 is 5.66 Å². The largest absolute Gasteiger partial charge is 0.335 e. The van der Waals surface area contributed by atoms with Crippen LogP contribution in [0.15, 0.2) is 48.5 Å². The summed E-state index contributed by atoms with van der Waals surface area (Å²) in [7, 11) is 0. The number of para-hydroxylation sites is 1. The van der Waals surface area contributed by atoms with E-state index in [9.17, 15) is 4.79 Å².